The van der Waals surface area contributed by atoms with Crippen LogP contribution in [0, 0.1) is 17.8 Å². The third kappa shape index (κ3) is 7.77. The van der Waals surface area contributed by atoms with Crippen molar-refractivity contribution in [2.75, 3.05) is 51.6 Å². The Balaban J connectivity index is 0.899. The molecule has 0 radical (unpaired) electrons. The van der Waals surface area contributed by atoms with Gasteiger partial charge in [-0.25, -0.2) is 4.79 Å². The Kier molecular flexibility index (Phi) is 10.00. The van der Waals surface area contributed by atoms with E-state index in [0.717, 1.165) is 81.8 Å². The van der Waals surface area contributed by atoms with Gasteiger partial charge in [-0.05, 0) is 66.8 Å². The van der Waals surface area contributed by atoms with Gasteiger partial charge in [0.05, 0.1) is 5.69 Å². The Bertz CT molecular complexity index is 1490. The number of piperidine rings is 1. The number of hydrogen-bond acceptors (Lipinski definition) is 6. The number of fused-ring (bicyclic) bond motifs is 1. The van der Waals surface area contributed by atoms with Crippen LogP contribution in [0.4, 0.5) is 10.5 Å². The molecule has 242 valence electrons. The lowest BCUT2D eigenvalue weighted by atomic mass is 10.0. The molecular weight excluding hydrogens is 578 g/mol. The summed E-state index contributed by atoms with van der Waals surface area (Å²) in [7, 11) is 1.85. The van der Waals surface area contributed by atoms with Gasteiger partial charge in [-0.1, -0.05) is 60.7 Å². The van der Waals surface area contributed by atoms with E-state index in [4.69, 9.17) is 10.5 Å². The Morgan fingerprint density at radius 1 is 0.870 bits per heavy atom. The standard InChI is InChI=1S/C37H45N5O4/c1-40(36(44)28-13-11-26(12-14-28)23-42-24-30-21-29(35(38)43)22-31(30)25-42)19-20-41-17-15-32(16-18-41)46-37(45)39-34-10-6-5-9-33(34)27-7-3-2-4-8-27/h2-14,29-32H,15-25H2,1H3,(H2,38,43)(H,39,45). The molecule has 3 aromatic rings. The fourth-order valence-electron chi connectivity index (χ4n) is 7.39. The van der Waals surface area contributed by atoms with Gasteiger partial charge in [0, 0.05) is 69.9 Å². The first-order valence-electron chi connectivity index (χ1n) is 16.5. The number of likely N-dealkylation sites (N-methyl/N-ethyl adjacent to an activating group) is 1. The van der Waals surface area contributed by atoms with E-state index in [9.17, 15) is 14.4 Å². The molecular formula is C37H45N5O4. The zero-order valence-corrected chi connectivity index (χ0v) is 26.6. The zero-order valence-electron chi connectivity index (χ0n) is 26.6. The summed E-state index contributed by atoms with van der Waals surface area (Å²) < 4.78 is 5.78. The van der Waals surface area contributed by atoms with Gasteiger partial charge in [-0.15, -0.1) is 0 Å². The van der Waals surface area contributed by atoms with Crippen molar-refractivity contribution in [3.05, 3.63) is 90.0 Å². The van der Waals surface area contributed by atoms with E-state index in [-0.39, 0.29) is 23.8 Å². The van der Waals surface area contributed by atoms with Crippen molar-refractivity contribution in [2.45, 2.75) is 38.3 Å². The number of hydrogen-bond donors (Lipinski definition) is 2. The summed E-state index contributed by atoms with van der Waals surface area (Å²) in [5.41, 5.74) is 10.1. The van der Waals surface area contributed by atoms with Crippen LogP contribution in [0.1, 0.15) is 41.6 Å². The highest BCUT2D eigenvalue weighted by Gasteiger charge is 2.42. The molecule has 46 heavy (non-hydrogen) atoms. The van der Waals surface area contributed by atoms with E-state index in [1.165, 1.54) is 5.56 Å². The van der Waals surface area contributed by atoms with Gasteiger partial charge in [0.1, 0.15) is 6.10 Å². The predicted molar refractivity (Wildman–Crippen MR) is 179 cm³/mol. The maximum Gasteiger partial charge on any atom is 0.411 e. The number of carbonyl (C=O) groups is 3. The van der Waals surface area contributed by atoms with Crippen LogP contribution in [-0.4, -0.2) is 85.0 Å². The number of rotatable bonds is 10. The largest absolute Gasteiger partial charge is 0.446 e. The smallest absolute Gasteiger partial charge is 0.411 e. The summed E-state index contributed by atoms with van der Waals surface area (Å²) in [4.78, 5) is 44.0. The first-order chi connectivity index (χ1) is 22.3. The molecule has 3 aliphatic rings. The number of likely N-dealkylation sites (tertiary alicyclic amines) is 2. The van der Waals surface area contributed by atoms with Crippen LogP contribution in [0.5, 0.6) is 0 Å². The molecule has 0 bridgehead atoms. The number of para-hydroxylation sites is 1. The van der Waals surface area contributed by atoms with Crippen LogP contribution < -0.4 is 11.1 Å². The van der Waals surface area contributed by atoms with E-state index >= 15 is 0 Å². The quantitative estimate of drug-likeness (QED) is 0.326. The van der Waals surface area contributed by atoms with Gasteiger partial charge < -0.3 is 20.3 Å². The topological polar surface area (TPSA) is 108 Å². The fraction of sp³-hybridized carbons (Fsp3) is 0.432. The van der Waals surface area contributed by atoms with Crippen molar-refractivity contribution in [1.29, 1.82) is 0 Å². The van der Waals surface area contributed by atoms with E-state index < -0.39 is 6.09 Å². The lowest BCUT2D eigenvalue weighted by Crippen LogP contribution is -2.42. The van der Waals surface area contributed by atoms with Crippen molar-refractivity contribution in [2.24, 2.45) is 23.5 Å². The van der Waals surface area contributed by atoms with Crippen molar-refractivity contribution >= 4 is 23.6 Å². The molecule has 9 heteroatoms. The number of ether oxygens (including phenoxy) is 1. The summed E-state index contributed by atoms with van der Waals surface area (Å²) in [6, 6.07) is 25.7. The maximum atomic E-state index is 13.1. The second-order valence-electron chi connectivity index (χ2n) is 13.2. The molecule has 3 aromatic carbocycles. The van der Waals surface area contributed by atoms with Crippen LogP contribution >= 0.6 is 0 Å². The van der Waals surface area contributed by atoms with Crippen LogP contribution in [0.2, 0.25) is 0 Å². The number of carbonyl (C=O) groups excluding carboxylic acids is 3. The summed E-state index contributed by atoms with van der Waals surface area (Å²) in [5.74, 6) is 1.05. The van der Waals surface area contributed by atoms with E-state index in [1.807, 2.05) is 73.8 Å². The Morgan fingerprint density at radius 3 is 2.20 bits per heavy atom. The molecule has 2 unspecified atom stereocenters. The minimum atomic E-state index is -0.431. The van der Waals surface area contributed by atoms with Gasteiger partial charge in [0.25, 0.3) is 5.91 Å². The minimum absolute atomic E-state index is 0.0189. The molecule has 2 saturated heterocycles. The normalized spacial score (nSPS) is 21.9. The van der Waals surface area contributed by atoms with Gasteiger partial charge in [0.2, 0.25) is 5.91 Å². The highest BCUT2D eigenvalue weighted by molar-refractivity contribution is 5.94. The lowest BCUT2D eigenvalue weighted by molar-refractivity contribution is -0.121. The monoisotopic (exact) mass is 623 g/mol. The number of anilines is 1. The third-order valence-corrected chi connectivity index (χ3v) is 9.99. The van der Waals surface area contributed by atoms with Gasteiger partial charge in [-0.3, -0.25) is 19.8 Å². The molecule has 1 saturated carbocycles. The SMILES string of the molecule is CN(CCN1CCC(OC(=O)Nc2ccccc2-c2ccccc2)CC1)C(=O)c1ccc(CN2CC3CC(C(N)=O)CC3C2)cc1. The number of amides is 3. The molecule has 2 aliphatic heterocycles. The number of nitrogens with one attached hydrogen (secondary N) is 1. The number of nitrogens with zero attached hydrogens (tertiary/aromatic N) is 3. The van der Waals surface area contributed by atoms with E-state index in [2.05, 4.69) is 27.2 Å². The summed E-state index contributed by atoms with van der Waals surface area (Å²) >= 11 is 0. The van der Waals surface area contributed by atoms with E-state index in [1.54, 1.807) is 4.90 Å². The first-order valence-corrected chi connectivity index (χ1v) is 16.5. The Morgan fingerprint density at radius 2 is 1.52 bits per heavy atom. The van der Waals surface area contributed by atoms with Crippen molar-refractivity contribution in [1.82, 2.24) is 14.7 Å². The van der Waals surface area contributed by atoms with Crippen molar-refractivity contribution < 1.29 is 19.1 Å². The van der Waals surface area contributed by atoms with Crippen LogP contribution in [0.25, 0.3) is 11.1 Å². The average Bonchev–Trinajstić information content (AvgIpc) is 3.64. The molecule has 2 heterocycles. The van der Waals surface area contributed by atoms with E-state index in [0.29, 0.717) is 23.9 Å². The minimum Gasteiger partial charge on any atom is -0.446 e. The number of nitrogens with two attached hydrogens (primary N) is 1. The summed E-state index contributed by atoms with van der Waals surface area (Å²) in [6.07, 6.45) is 2.80. The van der Waals surface area contributed by atoms with Crippen LogP contribution in [0.3, 0.4) is 0 Å². The lowest BCUT2D eigenvalue weighted by Gasteiger charge is -2.32. The maximum absolute atomic E-state index is 13.1. The zero-order chi connectivity index (χ0) is 32.0. The van der Waals surface area contributed by atoms with Crippen molar-refractivity contribution in [3.63, 3.8) is 0 Å². The molecule has 3 fully saturated rings. The second-order valence-corrected chi connectivity index (χ2v) is 13.2. The Labute approximate surface area is 271 Å². The number of benzene rings is 3. The van der Waals surface area contributed by atoms with Crippen molar-refractivity contribution in [3.8, 4) is 11.1 Å². The molecule has 3 N–H and O–H groups in total. The third-order valence-electron chi connectivity index (χ3n) is 9.99. The molecule has 3 amide bonds. The molecule has 0 spiro atoms. The molecule has 2 atom stereocenters. The van der Waals surface area contributed by atoms with Crippen LogP contribution in [-0.2, 0) is 16.1 Å². The predicted octanol–water partition coefficient (Wildman–Crippen LogP) is 5.08. The van der Waals surface area contributed by atoms with Gasteiger partial charge in [-0.2, -0.15) is 0 Å². The Hall–Kier alpha value is -4.21. The highest BCUT2D eigenvalue weighted by Crippen LogP contribution is 2.41. The summed E-state index contributed by atoms with van der Waals surface area (Å²) in [5, 5.41) is 2.93. The molecule has 6 rings (SSSR count). The van der Waals surface area contributed by atoms with Crippen LogP contribution in [0.15, 0.2) is 78.9 Å². The highest BCUT2D eigenvalue weighted by atomic mass is 16.6. The summed E-state index contributed by atoms with van der Waals surface area (Å²) in [6.45, 7) is 5.92. The second kappa shape index (κ2) is 14.5. The molecule has 0 aromatic heterocycles. The van der Waals surface area contributed by atoms with Gasteiger partial charge >= 0.3 is 6.09 Å². The molecule has 1 aliphatic carbocycles. The number of primary amides is 1. The van der Waals surface area contributed by atoms with Gasteiger partial charge in [0.15, 0.2) is 0 Å². The first kappa shape index (κ1) is 31.8. The average molecular weight is 624 g/mol. The fourth-order valence-corrected chi connectivity index (χ4v) is 7.39. The molecule has 9 nitrogen and oxygen atoms in total.